The zero-order valence-corrected chi connectivity index (χ0v) is 35.0. The van der Waals surface area contributed by atoms with Gasteiger partial charge in [-0.15, -0.1) is 22.7 Å². The van der Waals surface area contributed by atoms with Crippen molar-refractivity contribution < 1.29 is 19.1 Å². The van der Waals surface area contributed by atoms with Crippen LogP contribution in [0.3, 0.4) is 0 Å². The Morgan fingerprint density at radius 2 is 0.968 bits per heavy atom. The highest BCUT2D eigenvalue weighted by Crippen LogP contribution is 2.61. The highest BCUT2D eigenvalue weighted by Gasteiger charge is 2.48. The van der Waals surface area contributed by atoms with Gasteiger partial charge in [0, 0.05) is 65.4 Å². The van der Waals surface area contributed by atoms with Gasteiger partial charge in [-0.2, -0.15) is 0 Å². The highest BCUT2D eigenvalue weighted by molar-refractivity contribution is 7.17. The molecular weight excluding hydrogens is 809 g/mol. The van der Waals surface area contributed by atoms with Crippen molar-refractivity contribution in [3.63, 3.8) is 0 Å². The summed E-state index contributed by atoms with van der Waals surface area (Å²) in [4.78, 5) is 38.4. The first-order chi connectivity index (χ1) is 30.3. The van der Waals surface area contributed by atoms with Crippen molar-refractivity contribution in [1.82, 2.24) is 0 Å². The van der Waals surface area contributed by atoms with Crippen LogP contribution in [-0.2, 0) is 11.2 Å². The van der Waals surface area contributed by atoms with Crippen molar-refractivity contribution >= 4 is 57.5 Å². The third kappa shape index (κ3) is 5.51. The van der Waals surface area contributed by atoms with E-state index in [0.29, 0.717) is 44.5 Å². The van der Waals surface area contributed by atoms with Gasteiger partial charge >= 0.3 is 0 Å². The number of nitriles is 2. The lowest BCUT2D eigenvalue weighted by atomic mass is 9.71. The van der Waals surface area contributed by atoms with E-state index in [1.54, 1.807) is 59.1 Å². The summed E-state index contributed by atoms with van der Waals surface area (Å²) in [6.45, 7) is 15.5. The zero-order chi connectivity index (χ0) is 42.3. The number of hydrogen-bond acceptors (Lipinski definition) is 8. The molecule has 3 aromatic carbocycles. The van der Waals surface area contributed by atoms with Crippen LogP contribution in [0.15, 0.2) is 95.3 Å². The summed E-state index contributed by atoms with van der Waals surface area (Å²) >= 11 is 3.11. The summed E-state index contributed by atoms with van der Waals surface area (Å²) < 4.78 is 14.4. The van der Waals surface area contributed by atoms with E-state index in [1.165, 1.54) is 0 Å². The van der Waals surface area contributed by atoms with E-state index in [0.717, 1.165) is 117 Å². The number of ether oxygens (including phenoxy) is 2. The molecule has 0 unspecified atom stereocenters. The molecule has 0 N–H and O–H groups in total. The number of carbonyl (C=O) groups excluding carboxylic acids is 2. The first-order valence-corrected chi connectivity index (χ1v) is 22.5. The van der Waals surface area contributed by atoms with Crippen LogP contribution in [0.25, 0.3) is 53.9 Å². The molecule has 2 fully saturated rings. The average Bonchev–Trinajstić information content (AvgIpc) is 4.04. The molecule has 0 amide bonds. The quantitative estimate of drug-likeness (QED) is 0.0994. The molecule has 6 aliphatic rings. The number of allylic oxidation sites excluding steroid dienone is 6. The van der Waals surface area contributed by atoms with Crippen molar-refractivity contribution in [2.75, 3.05) is 0 Å². The molecule has 0 bridgehead atoms. The molecule has 4 aliphatic carbocycles. The van der Waals surface area contributed by atoms with Crippen LogP contribution >= 0.6 is 22.7 Å². The number of rotatable bonds is 2. The second kappa shape index (κ2) is 14.3. The molecule has 0 radical (unpaired) electrons. The van der Waals surface area contributed by atoms with Crippen LogP contribution in [0.5, 0.6) is 11.5 Å². The lowest BCUT2D eigenvalue weighted by molar-refractivity contribution is 0.0205. The summed E-state index contributed by atoms with van der Waals surface area (Å²) in [5, 5.41) is 19.9. The smallest absolute Gasteiger partial charge is 0.270 e. The van der Waals surface area contributed by atoms with Crippen LogP contribution in [0.4, 0.5) is 0 Å². The van der Waals surface area contributed by atoms with Gasteiger partial charge in [0.15, 0.2) is 11.6 Å². The number of carbonyl (C=O) groups is 2. The monoisotopic (exact) mass is 842 g/mol. The zero-order valence-electron chi connectivity index (χ0n) is 33.4. The molecule has 2 spiro atoms. The molecule has 2 aromatic heterocycles. The Morgan fingerprint density at radius 3 is 1.34 bits per heavy atom. The Kier molecular flexibility index (Phi) is 8.71. The molecular formula is C52H34N4O4S2. The van der Waals surface area contributed by atoms with Crippen LogP contribution < -0.4 is 9.47 Å². The van der Waals surface area contributed by atoms with Crippen LogP contribution in [-0.4, -0.2) is 11.6 Å². The Balaban J connectivity index is 1.08. The molecule has 10 heteroatoms. The first-order valence-electron chi connectivity index (χ1n) is 20.9. The van der Waals surface area contributed by atoms with E-state index in [4.69, 9.17) is 22.6 Å². The molecule has 4 heterocycles. The lowest BCUT2D eigenvalue weighted by Crippen LogP contribution is -2.40. The Labute approximate surface area is 366 Å². The van der Waals surface area contributed by atoms with Crippen molar-refractivity contribution in [2.24, 2.45) is 0 Å². The number of ketones is 2. The van der Waals surface area contributed by atoms with Gasteiger partial charge in [-0.3, -0.25) is 9.59 Å². The lowest BCUT2D eigenvalue weighted by Gasteiger charge is -2.45. The predicted molar refractivity (Wildman–Crippen MR) is 240 cm³/mol. The summed E-state index contributed by atoms with van der Waals surface area (Å²) in [6.07, 6.45) is 13.4. The minimum Gasteiger partial charge on any atom is -0.481 e. The summed E-state index contributed by atoms with van der Waals surface area (Å²) in [7, 11) is 0. The van der Waals surface area contributed by atoms with E-state index in [2.05, 4.69) is 21.8 Å². The maximum atomic E-state index is 13.9. The van der Waals surface area contributed by atoms with Crippen LogP contribution in [0, 0.1) is 35.8 Å². The molecule has 0 saturated heterocycles. The van der Waals surface area contributed by atoms with Crippen molar-refractivity contribution in [1.29, 1.82) is 10.5 Å². The normalized spacial score (nSPS) is 21.2. The predicted octanol–water partition coefficient (Wildman–Crippen LogP) is 13.1. The number of nitrogens with zero attached hydrogens (tertiary/aromatic N) is 4. The molecule has 298 valence electrons. The molecule has 11 rings (SSSR count). The van der Waals surface area contributed by atoms with Crippen molar-refractivity contribution in [3.05, 3.63) is 161 Å². The fraction of sp³-hybridized carbons (Fsp3) is 0.231. The number of benzene rings is 3. The van der Waals surface area contributed by atoms with Crippen LogP contribution in [0.1, 0.15) is 117 Å². The van der Waals surface area contributed by atoms with Gasteiger partial charge in [-0.25, -0.2) is 20.2 Å². The topological polar surface area (TPSA) is 109 Å². The van der Waals surface area contributed by atoms with Crippen molar-refractivity contribution in [2.45, 2.75) is 75.4 Å². The maximum Gasteiger partial charge on any atom is 0.270 e. The van der Waals surface area contributed by atoms with E-state index in [1.807, 2.05) is 48.6 Å². The second-order valence-electron chi connectivity index (χ2n) is 16.7. The van der Waals surface area contributed by atoms with Gasteiger partial charge in [0.2, 0.25) is 0 Å². The number of fused-ring (bicyclic) bond motifs is 10. The number of Topliss-reactive ketones (excluding diaryl/α,β-unsaturated/α-hetero) is 2. The van der Waals surface area contributed by atoms with E-state index < -0.39 is 11.2 Å². The number of hydrogen-bond donors (Lipinski definition) is 0. The molecule has 2 saturated carbocycles. The summed E-state index contributed by atoms with van der Waals surface area (Å²) in [5.41, 5.74) is 6.77. The van der Waals surface area contributed by atoms with Crippen molar-refractivity contribution in [3.8, 4) is 44.5 Å². The minimum absolute atomic E-state index is 0.109. The molecule has 62 heavy (non-hydrogen) atoms. The standard InChI is InChI=1S/C52H34N4O4S2/c1-55-41(27-53)45-31-13-5-7-15-33(31)47(57)37(45)21-29-23-43-49(61-29)35-25-40-36(26-39(35)51(59-43)17-9-3-10-18-51)50-44(60-52(40)19-11-4-12-20-52)24-30(62-50)22-38-46(42(28-54)56-2)32-14-6-8-16-34(32)48(38)58/h5-8,13-16,21-26H,3-4,9-12,17-20H2/b37-21-,38-22-,45-41+,46-42?. The maximum absolute atomic E-state index is 13.9. The Morgan fingerprint density at radius 1 is 0.581 bits per heavy atom. The van der Waals surface area contributed by atoms with Crippen LogP contribution in [0.2, 0.25) is 0 Å². The van der Waals surface area contributed by atoms with Gasteiger partial charge < -0.3 is 9.47 Å². The van der Waals surface area contributed by atoms with Gasteiger partial charge in [0.1, 0.15) is 22.7 Å². The van der Waals surface area contributed by atoms with Gasteiger partial charge in [-0.05, 0) is 98.9 Å². The Hall–Kier alpha value is -7.08. The average molecular weight is 843 g/mol. The largest absolute Gasteiger partial charge is 0.481 e. The minimum atomic E-state index is -0.556. The fourth-order valence-corrected chi connectivity index (χ4v) is 12.8. The van der Waals surface area contributed by atoms with Gasteiger partial charge in [0.05, 0.1) is 35.0 Å². The molecule has 5 aromatic rings. The summed E-state index contributed by atoms with van der Waals surface area (Å²) in [5.74, 6) is 1.14. The fourth-order valence-electron chi connectivity index (χ4n) is 10.7. The molecule has 0 atom stereocenters. The molecule has 8 nitrogen and oxygen atoms in total. The number of thiophene rings is 2. The van der Waals surface area contributed by atoms with Gasteiger partial charge in [-0.1, -0.05) is 61.4 Å². The third-order valence-corrected chi connectivity index (χ3v) is 15.6. The molecule has 2 aliphatic heterocycles. The van der Waals surface area contributed by atoms with E-state index >= 15 is 0 Å². The van der Waals surface area contributed by atoms with E-state index in [9.17, 15) is 20.1 Å². The second-order valence-corrected chi connectivity index (χ2v) is 18.9. The SMILES string of the molecule is [C-]#[N+]C(C#N)=C1/C(=C/c2cc3c(s2)-c2cc4c(cc2C2(CCCCC2)O3)-c2sc(/C=C3\C(=O)c5ccccc5\C3=C(\C#N)[N+]#[C-])cc2OC42CCCCC2)C(=O)c2ccccc21. The summed E-state index contributed by atoms with van der Waals surface area (Å²) in [6, 6.07) is 27.1. The highest BCUT2D eigenvalue weighted by atomic mass is 32.1. The first kappa shape index (κ1) is 37.9. The Bertz CT molecular complexity index is 2940. The third-order valence-electron chi connectivity index (χ3n) is 13.4. The van der Waals surface area contributed by atoms with E-state index in [-0.39, 0.29) is 23.0 Å². The van der Waals surface area contributed by atoms with Gasteiger partial charge in [0.25, 0.3) is 11.4 Å².